The smallest absolute Gasteiger partial charge is 0.410 e. The van der Waals surface area contributed by atoms with Crippen LogP contribution in [0.3, 0.4) is 0 Å². The number of thiophene rings is 1. The van der Waals surface area contributed by atoms with Gasteiger partial charge in [0.05, 0.1) is 6.04 Å². The van der Waals surface area contributed by atoms with Crippen LogP contribution in [0.2, 0.25) is 0 Å². The maximum atomic E-state index is 12.2. The molecule has 0 radical (unpaired) electrons. The summed E-state index contributed by atoms with van der Waals surface area (Å²) in [5.74, 6) is 0.601. The number of nitrogens with zero attached hydrogens (tertiary/aromatic N) is 1. The lowest BCUT2D eigenvalue weighted by molar-refractivity contribution is 0.148. The lowest BCUT2D eigenvalue weighted by atomic mass is 10.2. The number of amides is 1. The molecule has 0 N–H and O–H groups in total. The van der Waals surface area contributed by atoms with Gasteiger partial charge in [0.25, 0.3) is 0 Å². The minimum absolute atomic E-state index is 0.177. The van der Waals surface area contributed by atoms with Gasteiger partial charge in [-0.05, 0) is 36.4 Å². The Kier molecular flexibility index (Phi) is 3.51. The largest absolute Gasteiger partial charge is 0.415 e. The molecule has 1 atom stereocenters. The van der Waals surface area contributed by atoms with Gasteiger partial charge in [-0.3, -0.25) is 0 Å². The Bertz CT molecular complexity index is 539. The van der Waals surface area contributed by atoms with Crippen molar-refractivity contribution in [3.63, 3.8) is 0 Å². The normalized spacial score (nSPS) is 18.5. The summed E-state index contributed by atoms with van der Waals surface area (Å²) in [5, 5.41) is 2.05. The third-order valence-corrected chi connectivity index (χ3v) is 4.28. The molecule has 2 aromatic rings. The number of carbonyl (C=O) groups excluding carboxylic acids is 1. The van der Waals surface area contributed by atoms with Gasteiger partial charge in [0, 0.05) is 11.4 Å². The van der Waals surface area contributed by atoms with E-state index in [1.54, 1.807) is 23.5 Å². The van der Waals surface area contributed by atoms with Crippen LogP contribution in [0, 0.1) is 0 Å². The highest BCUT2D eigenvalue weighted by atomic mass is 32.1. The zero-order valence-electron chi connectivity index (χ0n) is 10.5. The van der Waals surface area contributed by atoms with E-state index in [4.69, 9.17) is 4.74 Å². The molecule has 1 aromatic carbocycles. The fraction of sp³-hybridized carbons (Fsp3) is 0.267. The Hall–Kier alpha value is -1.81. The molecule has 2 heterocycles. The van der Waals surface area contributed by atoms with Crippen LogP contribution >= 0.6 is 11.3 Å². The molecule has 0 saturated carbocycles. The van der Waals surface area contributed by atoms with Crippen molar-refractivity contribution in [1.29, 1.82) is 0 Å². The number of rotatable bonds is 2. The summed E-state index contributed by atoms with van der Waals surface area (Å²) < 4.78 is 5.42. The molecule has 1 amide bonds. The van der Waals surface area contributed by atoms with E-state index >= 15 is 0 Å². The Labute approximate surface area is 116 Å². The summed E-state index contributed by atoms with van der Waals surface area (Å²) >= 11 is 1.70. The summed E-state index contributed by atoms with van der Waals surface area (Å²) in [7, 11) is 0. The Morgan fingerprint density at radius 3 is 2.79 bits per heavy atom. The molecule has 1 saturated heterocycles. The molecule has 3 nitrogen and oxygen atoms in total. The average molecular weight is 273 g/mol. The van der Waals surface area contributed by atoms with Gasteiger partial charge in [-0.1, -0.05) is 24.3 Å². The number of hydrogen-bond donors (Lipinski definition) is 0. The van der Waals surface area contributed by atoms with Crippen LogP contribution in [0.5, 0.6) is 5.75 Å². The van der Waals surface area contributed by atoms with Gasteiger partial charge in [0.15, 0.2) is 0 Å². The molecule has 0 unspecified atom stereocenters. The Morgan fingerprint density at radius 1 is 1.21 bits per heavy atom. The van der Waals surface area contributed by atoms with Crippen molar-refractivity contribution in [2.75, 3.05) is 6.54 Å². The molecular weight excluding hydrogens is 258 g/mol. The summed E-state index contributed by atoms with van der Waals surface area (Å²) in [6.07, 6.45) is 1.80. The molecule has 1 aromatic heterocycles. The van der Waals surface area contributed by atoms with Crippen LogP contribution in [0.25, 0.3) is 0 Å². The molecular formula is C15H15NO2S. The second-order valence-corrected chi connectivity index (χ2v) is 5.53. The lowest BCUT2D eigenvalue weighted by Crippen LogP contribution is -2.32. The van der Waals surface area contributed by atoms with Gasteiger partial charge in [-0.15, -0.1) is 11.3 Å². The van der Waals surface area contributed by atoms with E-state index in [0.29, 0.717) is 5.75 Å². The summed E-state index contributed by atoms with van der Waals surface area (Å²) in [5.41, 5.74) is 0. The minimum Gasteiger partial charge on any atom is -0.410 e. The molecule has 98 valence electrons. The third-order valence-electron chi connectivity index (χ3n) is 3.31. The first-order chi connectivity index (χ1) is 9.34. The van der Waals surface area contributed by atoms with Crippen LogP contribution in [0.15, 0.2) is 47.8 Å². The SMILES string of the molecule is O=C(Oc1ccccc1)N1CCC[C@H]1c1cccs1. The predicted molar refractivity (Wildman–Crippen MR) is 75.5 cm³/mol. The fourth-order valence-electron chi connectivity index (χ4n) is 2.41. The Balaban J connectivity index is 1.72. The van der Waals surface area contributed by atoms with Gasteiger partial charge in [-0.2, -0.15) is 0 Å². The second kappa shape index (κ2) is 5.45. The summed E-state index contributed by atoms with van der Waals surface area (Å²) in [6, 6.07) is 13.5. The molecule has 0 aliphatic carbocycles. The van der Waals surface area contributed by atoms with Crippen LogP contribution in [-0.4, -0.2) is 17.5 Å². The van der Waals surface area contributed by atoms with Crippen molar-refractivity contribution >= 4 is 17.4 Å². The van der Waals surface area contributed by atoms with E-state index in [0.717, 1.165) is 19.4 Å². The Morgan fingerprint density at radius 2 is 2.05 bits per heavy atom. The zero-order chi connectivity index (χ0) is 13.1. The number of hydrogen-bond acceptors (Lipinski definition) is 3. The van der Waals surface area contributed by atoms with E-state index in [1.807, 2.05) is 34.5 Å². The first-order valence-electron chi connectivity index (χ1n) is 6.41. The van der Waals surface area contributed by atoms with Crippen LogP contribution < -0.4 is 4.74 Å². The molecule has 19 heavy (non-hydrogen) atoms. The average Bonchev–Trinajstić information content (AvgIpc) is 3.10. The highest BCUT2D eigenvalue weighted by molar-refractivity contribution is 7.10. The maximum Gasteiger partial charge on any atom is 0.415 e. The topological polar surface area (TPSA) is 29.5 Å². The van der Waals surface area contributed by atoms with Gasteiger partial charge < -0.3 is 9.64 Å². The second-order valence-electron chi connectivity index (χ2n) is 4.55. The number of para-hydroxylation sites is 1. The van der Waals surface area contributed by atoms with Gasteiger partial charge >= 0.3 is 6.09 Å². The van der Waals surface area contributed by atoms with Gasteiger partial charge in [0.2, 0.25) is 0 Å². The van der Waals surface area contributed by atoms with Crippen molar-refractivity contribution in [2.24, 2.45) is 0 Å². The van der Waals surface area contributed by atoms with Crippen molar-refractivity contribution in [3.05, 3.63) is 52.7 Å². The molecule has 0 spiro atoms. The van der Waals surface area contributed by atoms with Gasteiger partial charge in [-0.25, -0.2) is 4.79 Å². The molecule has 4 heteroatoms. The van der Waals surface area contributed by atoms with E-state index in [9.17, 15) is 4.79 Å². The number of ether oxygens (including phenoxy) is 1. The lowest BCUT2D eigenvalue weighted by Gasteiger charge is -2.22. The minimum atomic E-state index is -0.248. The maximum absolute atomic E-state index is 12.2. The highest BCUT2D eigenvalue weighted by Crippen LogP contribution is 2.34. The van der Waals surface area contributed by atoms with E-state index in [1.165, 1.54) is 4.88 Å². The van der Waals surface area contributed by atoms with Crippen molar-refractivity contribution in [2.45, 2.75) is 18.9 Å². The standard InChI is InChI=1S/C15H15NO2S/c17-15(18-12-6-2-1-3-7-12)16-10-4-8-13(16)14-9-5-11-19-14/h1-3,5-7,9,11,13H,4,8,10H2/t13-/m0/s1. The van der Waals surface area contributed by atoms with Gasteiger partial charge in [0.1, 0.15) is 5.75 Å². The van der Waals surface area contributed by atoms with E-state index < -0.39 is 0 Å². The van der Waals surface area contributed by atoms with E-state index in [-0.39, 0.29) is 12.1 Å². The van der Waals surface area contributed by atoms with Crippen LogP contribution in [0.4, 0.5) is 4.79 Å². The van der Waals surface area contributed by atoms with Crippen molar-refractivity contribution in [3.8, 4) is 5.75 Å². The van der Waals surface area contributed by atoms with Crippen molar-refractivity contribution in [1.82, 2.24) is 4.90 Å². The molecule has 1 fully saturated rings. The summed E-state index contributed by atoms with van der Waals surface area (Å²) in [6.45, 7) is 0.772. The summed E-state index contributed by atoms with van der Waals surface area (Å²) in [4.78, 5) is 15.3. The first kappa shape index (κ1) is 12.2. The number of likely N-dealkylation sites (tertiary alicyclic amines) is 1. The third kappa shape index (κ3) is 2.63. The monoisotopic (exact) mass is 273 g/mol. The quantitative estimate of drug-likeness (QED) is 0.825. The van der Waals surface area contributed by atoms with Crippen LogP contribution in [-0.2, 0) is 0 Å². The first-order valence-corrected chi connectivity index (χ1v) is 7.29. The molecule has 3 rings (SSSR count). The van der Waals surface area contributed by atoms with Crippen LogP contribution in [0.1, 0.15) is 23.8 Å². The number of carbonyl (C=O) groups is 1. The van der Waals surface area contributed by atoms with Crippen molar-refractivity contribution < 1.29 is 9.53 Å². The number of benzene rings is 1. The fourth-order valence-corrected chi connectivity index (χ4v) is 3.28. The van der Waals surface area contributed by atoms with E-state index in [2.05, 4.69) is 6.07 Å². The zero-order valence-corrected chi connectivity index (χ0v) is 11.3. The molecule has 1 aliphatic heterocycles. The highest BCUT2D eigenvalue weighted by Gasteiger charge is 2.31. The predicted octanol–water partition coefficient (Wildman–Crippen LogP) is 4.08. The molecule has 1 aliphatic rings. The molecule has 0 bridgehead atoms.